The van der Waals surface area contributed by atoms with Gasteiger partial charge in [0.25, 0.3) is 0 Å². The lowest BCUT2D eigenvalue weighted by Crippen LogP contribution is -2.43. The molecular weight excluding hydrogens is 410 g/mol. The van der Waals surface area contributed by atoms with Crippen LogP contribution < -0.4 is 15.5 Å². The maximum absolute atomic E-state index is 12.4. The number of piperidine rings is 1. The summed E-state index contributed by atoms with van der Waals surface area (Å²) in [4.78, 5) is 14.8. The summed E-state index contributed by atoms with van der Waals surface area (Å²) in [6, 6.07) is 13.1. The molecule has 2 aromatic carbocycles. The monoisotopic (exact) mass is 443 g/mol. The highest BCUT2D eigenvalue weighted by atomic mass is 16.2. The van der Waals surface area contributed by atoms with E-state index in [1.807, 2.05) is 6.92 Å². The van der Waals surface area contributed by atoms with Crippen molar-refractivity contribution < 1.29 is 4.79 Å². The van der Waals surface area contributed by atoms with Gasteiger partial charge in [0.2, 0.25) is 5.91 Å². The molecule has 2 saturated heterocycles. The van der Waals surface area contributed by atoms with Gasteiger partial charge in [-0.05, 0) is 75.8 Å². The van der Waals surface area contributed by atoms with Gasteiger partial charge in [-0.15, -0.1) is 5.10 Å². The van der Waals surface area contributed by atoms with Crippen molar-refractivity contribution in [1.82, 2.24) is 15.5 Å². The van der Waals surface area contributed by atoms with Gasteiger partial charge in [-0.1, -0.05) is 24.3 Å². The zero-order chi connectivity index (χ0) is 23.2. The quantitative estimate of drug-likeness (QED) is 0.604. The van der Waals surface area contributed by atoms with E-state index in [1.165, 1.54) is 22.4 Å². The third-order valence-electron chi connectivity index (χ3n) is 7.87. The third kappa shape index (κ3) is 3.81. The summed E-state index contributed by atoms with van der Waals surface area (Å²) in [5.74, 6) is 1.06. The molecule has 2 aliphatic heterocycles. The Bertz CT molecular complexity index is 1210. The third-order valence-corrected chi connectivity index (χ3v) is 7.87. The van der Waals surface area contributed by atoms with Crippen LogP contribution in [0.1, 0.15) is 54.6 Å². The first-order valence-electron chi connectivity index (χ1n) is 12.0. The van der Waals surface area contributed by atoms with Crippen LogP contribution in [-0.4, -0.2) is 35.7 Å². The van der Waals surface area contributed by atoms with E-state index in [0.29, 0.717) is 0 Å². The Kier molecular flexibility index (Phi) is 5.47. The van der Waals surface area contributed by atoms with Gasteiger partial charge in [0.1, 0.15) is 0 Å². The van der Waals surface area contributed by atoms with Crippen LogP contribution in [0.2, 0.25) is 0 Å². The van der Waals surface area contributed by atoms with Crippen LogP contribution in [0.15, 0.2) is 36.4 Å². The van der Waals surface area contributed by atoms with Crippen molar-refractivity contribution in [2.75, 3.05) is 29.9 Å². The molecule has 3 aromatic rings. The van der Waals surface area contributed by atoms with Crippen molar-refractivity contribution in [3.63, 3.8) is 0 Å². The van der Waals surface area contributed by atoms with Crippen molar-refractivity contribution in [3.05, 3.63) is 58.8 Å². The van der Waals surface area contributed by atoms with Gasteiger partial charge >= 0.3 is 0 Å². The van der Waals surface area contributed by atoms with Gasteiger partial charge in [-0.2, -0.15) is 5.10 Å². The van der Waals surface area contributed by atoms with E-state index in [1.54, 1.807) is 0 Å². The summed E-state index contributed by atoms with van der Waals surface area (Å²) in [7, 11) is 0. The lowest BCUT2D eigenvalue weighted by Gasteiger charge is -2.38. The highest BCUT2D eigenvalue weighted by molar-refractivity contribution is 5.95. The Labute approximate surface area is 195 Å². The zero-order valence-electron chi connectivity index (χ0n) is 20.0. The normalized spacial score (nSPS) is 18.5. The van der Waals surface area contributed by atoms with Crippen molar-refractivity contribution >= 4 is 28.2 Å². The zero-order valence-corrected chi connectivity index (χ0v) is 20.0. The molecule has 6 nitrogen and oxygen atoms in total. The minimum atomic E-state index is -0.150. The molecule has 5 rings (SSSR count). The second-order valence-electron chi connectivity index (χ2n) is 9.79. The maximum Gasteiger partial charge on any atom is 0.226 e. The molecule has 6 heteroatoms. The number of aryl methyl sites for hydroxylation is 2. The lowest BCUT2D eigenvalue weighted by atomic mass is 9.77. The molecule has 1 atom stereocenters. The van der Waals surface area contributed by atoms with Crippen LogP contribution in [0, 0.1) is 26.2 Å². The fraction of sp³-hybridized carbons (Fsp3) is 0.444. The van der Waals surface area contributed by atoms with Crippen LogP contribution >= 0.6 is 0 Å². The number of fused-ring (bicyclic) bond motifs is 1. The molecule has 3 heterocycles. The van der Waals surface area contributed by atoms with Gasteiger partial charge in [0, 0.05) is 36.1 Å². The second kappa shape index (κ2) is 8.32. The second-order valence-corrected chi connectivity index (χ2v) is 9.79. The Balaban J connectivity index is 1.43. The van der Waals surface area contributed by atoms with E-state index in [0.717, 1.165) is 61.2 Å². The van der Waals surface area contributed by atoms with Crippen LogP contribution in [0.4, 0.5) is 11.5 Å². The van der Waals surface area contributed by atoms with E-state index in [2.05, 4.69) is 82.9 Å². The Morgan fingerprint density at radius 3 is 2.55 bits per heavy atom. The molecule has 0 aliphatic carbocycles. The summed E-state index contributed by atoms with van der Waals surface area (Å²) in [6.45, 7) is 11.1. The highest BCUT2D eigenvalue weighted by Crippen LogP contribution is 2.40. The fourth-order valence-corrected chi connectivity index (χ4v) is 5.49. The number of amides is 1. The lowest BCUT2D eigenvalue weighted by molar-refractivity contribution is -0.128. The topological polar surface area (TPSA) is 70.2 Å². The molecule has 2 N–H and O–H groups in total. The standard InChI is InChI=1S/C27H33N5O/c1-17-6-5-7-22(18(17)2)19(3)29-25-24-16-21(8-9-23(24)20(4)30-31-25)32-14-11-27(12-15-32)10-13-28-26(27)33/h5-9,16,19H,10-15H2,1-4H3,(H,28,33)(H,29,31)/t19-/m1/s1. The average Bonchev–Trinajstić information content (AvgIpc) is 3.17. The van der Waals surface area contributed by atoms with Crippen molar-refractivity contribution in [1.29, 1.82) is 0 Å². The predicted molar refractivity (Wildman–Crippen MR) is 134 cm³/mol. The first-order chi connectivity index (χ1) is 15.9. The van der Waals surface area contributed by atoms with Gasteiger partial charge < -0.3 is 15.5 Å². The number of nitrogens with zero attached hydrogens (tertiary/aromatic N) is 3. The summed E-state index contributed by atoms with van der Waals surface area (Å²) in [5, 5.41) is 17.8. The number of hydrogen-bond donors (Lipinski definition) is 2. The summed E-state index contributed by atoms with van der Waals surface area (Å²) in [6.07, 6.45) is 2.80. The van der Waals surface area contributed by atoms with E-state index in [4.69, 9.17) is 0 Å². The Morgan fingerprint density at radius 1 is 1.03 bits per heavy atom. The molecule has 1 aromatic heterocycles. The first kappa shape index (κ1) is 21.7. The fourth-order valence-electron chi connectivity index (χ4n) is 5.49. The van der Waals surface area contributed by atoms with Crippen LogP contribution in [-0.2, 0) is 4.79 Å². The van der Waals surface area contributed by atoms with E-state index in [9.17, 15) is 4.79 Å². The number of hydrogen-bond acceptors (Lipinski definition) is 5. The Hall–Kier alpha value is -3.15. The number of anilines is 2. The maximum atomic E-state index is 12.4. The van der Waals surface area contributed by atoms with Gasteiger partial charge in [0.05, 0.1) is 17.2 Å². The number of benzene rings is 2. The van der Waals surface area contributed by atoms with Crippen LogP contribution in [0.5, 0.6) is 0 Å². The predicted octanol–water partition coefficient (Wildman–Crippen LogP) is 4.83. The molecule has 2 fully saturated rings. The molecule has 2 aliphatic rings. The molecular formula is C27H33N5O. The summed E-state index contributed by atoms with van der Waals surface area (Å²) >= 11 is 0. The number of carbonyl (C=O) groups excluding carboxylic acids is 1. The molecule has 0 radical (unpaired) electrons. The SMILES string of the molecule is Cc1cccc([C@@H](C)Nc2nnc(C)c3ccc(N4CCC5(CCNC5=O)CC4)cc23)c1C. The number of carbonyl (C=O) groups is 1. The number of rotatable bonds is 4. The van der Waals surface area contributed by atoms with Crippen molar-refractivity contribution in [2.45, 2.75) is 53.0 Å². The molecule has 1 spiro atoms. The average molecular weight is 444 g/mol. The van der Waals surface area contributed by atoms with E-state index >= 15 is 0 Å². The molecule has 0 unspecified atom stereocenters. The van der Waals surface area contributed by atoms with Gasteiger partial charge in [-0.3, -0.25) is 4.79 Å². The summed E-state index contributed by atoms with van der Waals surface area (Å²) < 4.78 is 0. The smallest absolute Gasteiger partial charge is 0.226 e. The number of nitrogens with one attached hydrogen (secondary N) is 2. The van der Waals surface area contributed by atoms with Crippen molar-refractivity contribution in [2.24, 2.45) is 5.41 Å². The Morgan fingerprint density at radius 2 is 1.82 bits per heavy atom. The summed E-state index contributed by atoms with van der Waals surface area (Å²) in [5.41, 5.74) is 5.84. The van der Waals surface area contributed by atoms with Gasteiger partial charge in [-0.25, -0.2) is 0 Å². The molecule has 1 amide bonds. The van der Waals surface area contributed by atoms with Crippen LogP contribution in [0.25, 0.3) is 10.8 Å². The van der Waals surface area contributed by atoms with Crippen LogP contribution in [0.3, 0.4) is 0 Å². The van der Waals surface area contributed by atoms with Crippen molar-refractivity contribution in [3.8, 4) is 0 Å². The first-order valence-corrected chi connectivity index (χ1v) is 12.0. The van der Waals surface area contributed by atoms with Gasteiger partial charge in [0.15, 0.2) is 5.82 Å². The largest absolute Gasteiger partial charge is 0.371 e. The number of aromatic nitrogens is 2. The highest BCUT2D eigenvalue weighted by Gasteiger charge is 2.44. The van der Waals surface area contributed by atoms with E-state index < -0.39 is 0 Å². The molecule has 0 saturated carbocycles. The molecule has 172 valence electrons. The van der Waals surface area contributed by atoms with E-state index in [-0.39, 0.29) is 17.4 Å². The minimum Gasteiger partial charge on any atom is -0.371 e. The minimum absolute atomic E-state index is 0.115. The molecule has 0 bridgehead atoms. The molecule has 33 heavy (non-hydrogen) atoms.